The highest BCUT2D eigenvalue weighted by molar-refractivity contribution is 14.0. The number of guanidine groups is 1. The highest BCUT2D eigenvalue weighted by Gasteiger charge is 2.33. The van der Waals surface area contributed by atoms with Gasteiger partial charge in [0.05, 0.1) is 12.1 Å². The lowest BCUT2D eigenvalue weighted by Crippen LogP contribution is -2.42. The molecule has 2 rings (SSSR count). The molecule has 5 nitrogen and oxygen atoms in total. The van der Waals surface area contributed by atoms with Crippen molar-refractivity contribution in [3.8, 4) is 0 Å². The zero-order valence-electron chi connectivity index (χ0n) is 10.9. The van der Waals surface area contributed by atoms with E-state index in [4.69, 9.17) is 5.73 Å². The van der Waals surface area contributed by atoms with Crippen LogP contribution in [-0.2, 0) is 6.42 Å². The largest absolute Gasteiger partial charge is 0.388 e. The van der Waals surface area contributed by atoms with Crippen LogP contribution in [0.2, 0.25) is 0 Å². The van der Waals surface area contributed by atoms with Crippen LogP contribution < -0.4 is 11.1 Å². The second-order valence-electron chi connectivity index (χ2n) is 4.78. The van der Waals surface area contributed by atoms with Crippen molar-refractivity contribution >= 4 is 29.9 Å². The van der Waals surface area contributed by atoms with E-state index in [-0.39, 0.29) is 24.0 Å². The van der Waals surface area contributed by atoms with Crippen LogP contribution >= 0.6 is 24.0 Å². The summed E-state index contributed by atoms with van der Waals surface area (Å²) in [5, 5.41) is 12.9. The standard InChI is InChI=1S/C13H20N4O.HI/c14-12(17-10-13(18)6-3-7-13)16-9-5-11-4-1-2-8-15-11;/h1-2,4,8,18H,3,5-7,9-10H2,(H3,14,16,17);1H. The zero-order chi connectivity index (χ0) is 12.8. The summed E-state index contributed by atoms with van der Waals surface area (Å²) in [5.74, 6) is 0.395. The van der Waals surface area contributed by atoms with Crippen molar-refractivity contribution in [2.24, 2.45) is 10.7 Å². The van der Waals surface area contributed by atoms with Gasteiger partial charge in [0.25, 0.3) is 0 Å². The zero-order valence-corrected chi connectivity index (χ0v) is 13.2. The molecule has 0 bridgehead atoms. The molecule has 1 fully saturated rings. The van der Waals surface area contributed by atoms with Crippen LogP contribution in [0, 0.1) is 0 Å². The van der Waals surface area contributed by atoms with Gasteiger partial charge in [-0.05, 0) is 31.4 Å². The number of hydrogen-bond acceptors (Lipinski definition) is 3. The van der Waals surface area contributed by atoms with Gasteiger partial charge in [-0.1, -0.05) is 6.07 Å². The number of halogens is 1. The number of nitrogens with two attached hydrogens (primary N) is 1. The number of aliphatic imine (C=N–C) groups is 1. The van der Waals surface area contributed by atoms with Gasteiger partial charge >= 0.3 is 0 Å². The molecule has 1 saturated carbocycles. The predicted molar refractivity (Wildman–Crippen MR) is 86.6 cm³/mol. The van der Waals surface area contributed by atoms with E-state index >= 15 is 0 Å². The molecule has 0 amide bonds. The average molecular weight is 376 g/mol. The monoisotopic (exact) mass is 376 g/mol. The van der Waals surface area contributed by atoms with E-state index in [2.05, 4.69) is 15.3 Å². The molecule has 0 spiro atoms. The molecular formula is C13H21IN4O. The fourth-order valence-corrected chi connectivity index (χ4v) is 1.90. The molecule has 1 aliphatic rings. The van der Waals surface area contributed by atoms with Gasteiger partial charge in [0.15, 0.2) is 5.96 Å². The van der Waals surface area contributed by atoms with Crippen LogP contribution in [0.3, 0.4) is 0 Å². The number of nitrogens with one attached hydrogen (secondary N) is 1. The molecule has 1 aliphatic carbocycles. The number of nitrogens with zero attached hydrogens (tertiary/aromatic N) is 2. The van der Waals surface area contributed by atoms with Crippen molar-refractivity contribution < 1.29 is 5.11 Å². The van der Waals surface area contributed by atoms with Crippen LogP contribution in [0.4, 0.5) is 0 Å². The van der Waals surface area contributed by atoms with E-state index in [1.54, 1.807) is 6.20 Å². The third-order valence-electron chi connectivity index (χ3n) is 3.24. The van der Waals surface area contributed by atoms with Gasteiger partial charge in [0, 0.05) is 24.9 Å². The molecule has 0 radical (unpaired) electrons. The maximum Gasteiger partial charge on any atom is 0.188 e. The second kappa shape index (κ2) is 7.64. The molecule has 0 atom stereocenters. The van der Waals surface area contributed by atoms with Gasteiger partial charge in [0.2, 0.25) is 0 Å². The lowest BCUT2D eigenvalue weighted by atomic mass is 9.80. The number of hydrogen-bond donors (Lipinski definition) is 3. The normalized spacial score (nSPS) is 17.2. The Hall–Kier alpha value is -0.890. The van der Waals surface area contributed by atoms with E-state index in [1.165, 1.54) is 0 Å². The quantitative estimate of drug-likeness (QED) is 0.408. The molecule has 0 unspecified atom stereocenters. The van der Waals surface area contributed by atoms with Crippen LogP contribution in [0.5, 0.6) is 0 Å². The van der Waals surface area contributed by atoms with Crippen molar-refractivity contribution in [1.82, 2.24) is 10.3 Å². The molecule has 19 heavy (non-hydrogen) atoms. The first-order chi connectivity index (χ1) is 8.68. The smallest absolute Gasteiger partial charge is 0.188 e. The molecule has 1 aromatic heterocycles. The first-order valence-corrected chi connectivity index (χ1v) is 6.34. The van der Waals surface area contributed by atoms with Gasteiger partial charge < -0.3 is 16.2 Å². The molecule has 4 N–H and O–H groups in total. The van der Waals surface area contributed by atoms with Crippen LogP contribution in [-0.4, -0.2) is 34.7 Å². The van der Waals surface area contributed by atoms with Crippen LogP contribution in [0.15, 0.2) is 29.4 Å². The second-order valence-corrected chi connectivity index (χ2v) is 4.78. The molecule has 106 valence electrons. The third-order valence-corrected chi connectivity index (χ3v) is 3.24. The predicted octanol–water partition coefficient (Wildman–Crippen LogP) is 1.06. The summed E-state index contributed by atoms with van der Waals surface area (Å²) in [6, 6.07) is 5.84. The molecule has 0 aromatic carbocycles. The average Bonchev–Trinajstić information content (AvgIpc) is 2.35. The maximum absolute atomic E-state index is 9.86. The fourth-order valence-electron chi connectivity index (χ4n) is 1.90. The first kappa shape index (κ1) is 16.2. The van der Waals surface area contributed by atoms with Gasteiger partial charge in [-0.2, -0.15) is 0 Å². The Morgan fingerprint density at radius 2 is 2.26 bits per heavy atom. The van der Waals surface area contributed by atoms with Gasteiger partial charge in [-0.3, -0.25) is 9.98 Å². The number of pyridine rings is 1. The Bertz CT molecular complexity index is 406. The van der Waals surface area contributed by atoms with Crippen molar-refractivity contribution in [2.75, 3.05) is 13.1 Å². The summed E-state index contributed by atoms with van der Waals surface area (Å²) < 4.78 is 0. The number of aliphatic hydroxyl groups is 1. The first-order valence-electron chi connectivity index (χ1n) is 6.34. The summed E-state index contributed by atoms with van der Waals surface area (Å²) in [6.07, 6.45) is 5.33. The molecular weight excluding hydrogens is 355 g/mol. The summed E-state index contributed by atoms with van der Waals surface area (Å²) in [7, 11) is 0. The van der Waals surface area contributed by atoms with Crippen LogP contribution in [0.25, 0.3) is 0 Å². The topological polar surface area (TPSA) is 83.5 Å². The van der Waals surface area contributed by atoms with Crippen molar-refractivity contribution in [3.05, 3.63) is 30.1 Å². The van der Waals surface area contributed by atoms with Crippen molar-refractivity contribution in [1.29, 1.82) is 0 Å². The molecule has 0 saturated heterocycles. The minimum atomic E-state index is -0.604. The van der Waals surface area contributed by atoms with E-state index < -0.39 is 5.60 Å². The Labute approximate surface area is 130 Å². The lowest BCUT2D eigenvalue weighted by Gasteiger charge is -2.34. The molecule has 1 aromatic rings. The van der Waals surface area contributed by atoms with E-state index in [0.29, 0.717) is 19.0 Å². The van der Waals surface area contributed by atoms with E-state index in [1.807, 2.05) is 18.2 Å². The SMILES string of the molecule is I.NC(=NCC1(O)CCC1)NCCc1ccccn1. The number of aromatic nitrogens is 1. The third kappa shape index (κ3) is 5.32. The summed E-state index contributed by atoms with van der Waals surface area (Å²) in [6.45, 7) is 1.10. The Kier molecular flexibility index (Phi) is 6.50. The summed E-state index contributed by atoms with van der Waals surface area (Å²) >= 11 is 0. The minimum absolute atomic E-state index is 0. The Morgan fingerprint density at radius 3 is 2.84 bits per heavy atom. The molecule has 1 heterocycles. The van der Waals surface area contributed by atoms with Crippen LogP contribution in [0.1, 0.15) is 25.0 Å². The highest BCUT2D eigenvalue weighted by Crippen LogP contribution is 2.31. The fraction of sp³-hybridized carbons (Fsp3) is 0.538. The minimum Gasteiger partial charge on any atom is -0.388 e. The van der Waals surface area contributed by atoms with Gasteiger partial charge in [-0.25, -0.2) is 0 Å². The van der Waals surface area contributed by atoms with E-state index in [9.17, 15) is 5.11 Å². The van der Waals surface area contributed by atoms with Crippen molar-refractivity contribution in [2.45, 2.75) is 31.3 Å². The summed E-state index contributed by atoms with van der Waals surface area (Å²) in [5.41, 5.74) is 6.15. The Morgan fingerprint density at radius 1 is 1.47 bits per heavy atom. The Balaban J connectivity index is 0.00000180. The lowest BCUT2D eigenvalue weighted by molar-refractivity contribution is -0.0235. The number of rotatable bonds is 5. The summed E-state index contributed by atoms with van der Waals surface area (Å²) in [4.78, 5) is 8.38. The van der Waals surface area contributed by atoms with Gasteiger partial charge in [0.1, 0.15) is 0 Å². The molecule has 6 heteroatoms. The maximum atomic E-state index is 9.86. The van der Waals surface area contributed by atoms with Gasteiger partial charge in [-0.15, -0.1) is 24.0 Å². The van der Waals surface area contributed by atoms with E-state index in [0.717, 1.165) is 31.4 Å². The molecule has 0 aliphatic heterocycles. The van der Waals surface area contributed by atoms with Crippen molar-refractivity contribution in [3.63, 3.8) is 0 Å². The highest BCUT2D eigenvalue weighted by atomic mass is 127.